The molecular weight excluding hydrogens is 369 g/mol. The summed E-state index contributed by atoms with van der Waals surface area (Å²) in [6.45, 7) is 2.09. The monoisotopic (exact) mass is 385 g/mol. The number of amides is 1. The summed E-state index contributed by atoms with van der Waals surface area (Å²) in [5.74, 6) is 0.349. The molecule has 2 heterocycles. The normalized spacial score (nSPS) is 20.2. The third kappa shape index (κ3) is 4.32. The Morgan fingerprint density at radius 3 is 2.83 bits per heavy atom. The number of aliphatic hydroxyl groups excluding tert-OH is 1. The highest BCUT2D eigenvalue weighted by Crippen LogP contribution is 2.27. The number of thioether (sulfide) groups is 1. The highest BCUT2D eigenvalue weighted by molar-refractivity contribution is 8.15. The van der Waals surface area contributed by atoms with Gasteiger partial charge < -0.3 is 5.11 Å². The molecule has 0 saturated carbocycles. The maximum absolute atomic E-state index is 11.1. The van der Waals surface area contributed by atoms with Crippen LogP contribution in [0.25, 0.3) is 0 Å². The number of nitrogens with one attached hydrogen (secondary N) is 1. The van der Waals surface area contributed by atoms with Crippen molar-refractivity contribution in [2.24, 2.45) is 5.10 Å². The van der Waals surface area contributed by atoms with Gasteiger partial charge in [-0.2, -0.15) is 5.10 Å². The van der Waals surface area contributed by atoms with E-state index >= 15 is 0 Å². The quantitative estimate of drug-likeness (QED) is 0.836. The zero-order valence-electron chi connectivity index (χ0n) is 12.8. The van der Waals surface area contributed by atoms with Gasteiger partial charge in [-0.15, -0.1) is 0 Å². The van der Waals surface area contributed by atoms with Crippen LogP contribution in [-0.2, 0) is 4.79 Å². The number of β-amino-alcohol motifs (C(OH)–C–C–N with tert-alkyl or cyclic N) is 1. The molecule has 5 nitrogen and oxygen atoms in total. The van der Waals surface area contributed by atoms with Gasteiger partial charge in [-0.1, -0.05) is 47.1 Å². The molecule has 2 aliphatic rings. The molecule has 0 aromatic heterocycles. The van der Waals surface area contributed by atoms with E-state index in [1.807, 2.05) is 0 Å². The van der Waals surface area contributed by atoms with E-state index in [1.54, 1.807) is 18.2 Å². The molecule has 1 aromatic carbocycles. The van der Waals surface area contributed by atoms with Crippen LogP contribution in [0, 0.1) is 0 Å². The highest BCUT2D eigenvalue weighted by Gasteiger charge is 2.21. The van der Waals surface area contributed by atoms with Crippen LogP contribution in [0.5, 0.6) is 0 Å². The maximum Gasteiger partial charge on any atom is 0.250 e. The molecule has 2 aliphatic heterocycles. The molecule has 0 radical (unpaired) electrons. The maximum atomic E-state index is 11.1. The Morgan fingerprint density at radius 2 is 2.21 bits per heavy atom. The fourth-order valence-electron chi connectivity index (χ4n) is 2.62. The van der Waals surface area contributed by atoms with Gasteiger partial charge in [0.15, 0.2) is 0 Å². The SMILES string of the molecule is O=C1CSC(C2=CCN(CC(O)c3ccc(Cl)c(Cl)c3)CC2)=NN1. The zero-order chi connectivity index (χ0) is 17.1. The lowest BCUT2D eigenvalue weighted by Gasteiger charge is -2.29. The summed E-state index contributed by atoms with van der Waals surface area (Å²) in [6.07, 6.45) is 2.33. The number of benzene rings is 1. The lowest BCUT2D eigenvalue weighted by Crippen LogP contribution is -2.34. The van der Waals surface area contributed by atoms with Crippen LogP contribution in [0.4, 0.5) is 0 Å². The summed E-state index contributed by atoms with van der Waals surface area (Å²) >= 11 is 13.4. The standard InChI is InChI=1S/C16H17Cl2N3O2S/c17-12-2-1-11(7-13(12)18)14(22)8-21-5-3-10(4-6-21)16-20-19-15(23)9-24-16/h1-3,7,14,22H,4-6,8-9H2,(H,19,23). The topological polar surface area (TPSA) is 64.9 Å². The van der Waals surface area contributed by atoms with E-state index in [0.29, 0.717) is 22.3 Å². The first kappa shape index (κ1) is 17.8. The van der Waals surface area contributed by atoms with Gasteiger partial charge in [-0.25, -0.2) is 5.43 Å². The Morgan fingerprint density at radius 1 is 1.38 bits per heavy atom. The van der Waals surface area contributed by atoms with Crippen LogP contribution in [0.1, 0.15) is 18.1 Å². The number of hydrogen-bond acceptors (Lipinski definition) is 5. The van der Waals surface area contributed by atoms with Crippen LogP contribution in [0.15, 0.2) is 34.9 Å². The Bertz CT molecular complexity index is 709. The number of rotatable bonds is 4. The number of aliphatic hydroxyl groups is 1. The molecule has 3 rings (SSSR count). The first-order chi connectivity index (χ1) is 11.5. The molecule has 0 bridgehead atoms. The first-order valence-corrected chi connectivity index (χ1v) is 9.31. The number of carbonyl (C=O) groups is 1. The van der Waals surface area contributed by atoms with Crippen molar-refractivity contribution >= 4 is 45.9 Å². The molecule has 1 atom stereocenters. The van der Waals surface area contributed by atoms with Gasteiger partial charge in [0.05, 0.1) is 21.9 Å². The second-order valence-corrected chi connectivity index (χ2v) is 7.45. The van der Waals surface area contributed by atoms with Crippen molar-refractivity contribution in [1.29, 1.82) is 0 Å². The summed E-state index contributed by atoms with van der Waals surface area (Å²) in [5.41, 5.74) is 4.43. The van der Waals surface area contributed by atoms with Gasteiger partial charge in [-0.3, -0.25) is 9.69 Å². The van der Waals surface area contributed by atoms with Gasteiger partial charge in [0, 0.05) is 19.6 Å². The third-order valence-corrected chi connectivity index (χ3v) is 5.72. The summed E-state index contributed by atoms with van der Waals surface area (Å²) in [4.78, 5) is 13.3. The van der Waals surface area contributed by atoms with E-state index in [-0.39, 0.29) is 5.91 Å². The van der Waals surface area contributed by atoms with Gasteiger partial charge in [-0.05, 0) is 29.7 Å². The molecular formula is C16H17Cl2N3O2S. The molecule has 128 valence electrons. The number of hydrazone groups is 1. The van der Waals surface area contributed by atoms with E-state index in [0.717, 1.165) is 35.7 Å². The minimum Gasteiger partial charge on any atom is -0.387 e. The fraction of sp³-hybridized carbons (Fsp3) is 0.375. The molecule has 1 unspecified atom stereocenters. The van der Waals surface area contributed by atoms with Crippen LogP contribution in [-0.4, -0.2) is 46.3 Å². The lowest BCUT2D eigenvalue weighted by atomic mass is 10.1. The Labute approximate surface area is 154 Å². The lowest BCUT2D eigenvalue weighted by molar-refractivity contribution is -0.118. The molecule has 0 spiro atoms. The van der Waals surface area contributed by atoms with E-state index in [4.69, 9.17) is 23.2 Å². The summed E-state index contributed by atoms with van der Waals surface area (Å²) in [6, 6.07) is 5.19. The van der Waals surface area contributed by atoms with Crippen LogP contribution < -0.4 is 5.43 Å². The minimum atomic E-state index is -0.615. The van der Waals surface area contributed by atoms with Gasteiger partial charge in [0.2, 0.25) is 0 Å². The van der Waals surface area contributed by atoms with Crippen LogP contribution in [0.3, 0.4) is 0 Å². The minimum absolute atomic E-state index is 0.0634. The van der Waals surface area contributed by atoms with E-state index < -0.39 is 6.10 Å². The smallest absolute Gasteiger partial charge is 0.250 e. The molecule has 1 aromatic rings. The predicted molar refractivity (Wildman–Crippen MR) is 98.6 cm³/mol. The molecule has 2 N–H and O–H groups in total. The average molecular weight is 386 g/mol. The molecule has 0 aliphatic carbocycles. The molecule has 0 fully saturated rings. The van der Waals surface area contributed by atoms with Gasteiger partial charge in [0.25, 0.3) is 5.91 Å². The second-order valence-electron chi connectivity index (χ2n) is 5.67. The van der Waals surface area contributed by atoms with Crippen molar-refractivity contribution in [3.05, 3.63) is 45.5 Å². The zero-order valence-corrected chi connectivity index (χ0v) is 15.2. The van der Waals surface area contributed by atoms with Crippen molar-refractivity contribution in [1.82, 2.24) is 10.3 Å². The Kier molecular flexibility index (Phi) is 5.84. The van der Waals surface area contributed by atoms with Crippen molar-refractivity contribution < 1.29 is 9.90 Å². The summed E-state index contributed by atoms with van der Waals surface area (Å²) in [5, 5.41) is 16.3. The largest absolute Gasteiger partial charge is 0.387 e. The number of carbonyl (C=O) groups excluding carboxylic acids is 1. The van der Waals surface area contributed by atoms with Crippen LogP contribution >= 0.6 is 35.0 Å². The van der Waals surface area contributed by atoms with Gasteiger partial charge >= 0.3 is 0 Å². The Hall–Kier alpha value is -1.05. The van der Waals surface area contributed by atoms with Crippen molar-refractivity contribution in [2.75, 3.05) is 25.4 Å². The van der Waals surface area contributed by atoms with Crippen LogP contribution in [0.2, 0.25) is 10.0 Å². The molecule has 24 heavy (non-hydrogen) atoms. The molecule has 1 amide bonds. The average Bonchev–Trinajstić information content (AvgIpc) is 2.59. The van der Waals surface area contributed by atoms with Crippen molar-refractivity contribution in [2.45, 2.75) is 12.5 Å². The van der Waals surface area contributed by atoms with E-state index in [9.17, 15) is 9.90 Å². The van der Waals surface area contributed by atoms with E-state index in [1.165, 1.54) is 11.8 Å². The number of hydrogen-bond donors (Lipinski definition) is 2. The predicted octanol–water partition coefficient (Wildman–Crippen LogP) is 2.84. The Balaban J connectivity index is 1.58. The van der Waals surface area contributed by atoms with Crippen molar-refractivity contribution in [3.63, 3.8) is 0 Å². The third-order valence-electron chi connectivity index (χ3n) is 3.95. The van der Waals surface area contributed by atoms with Crippen molar-refractivity contribution in [3.8, 4) is 0 Å². The second kappa shape index (κ2) is 7.89. The first-order valence-electron chi connectivity index (χ1n) is 7.57. The van der Waals surface area contributed by atoms with Gasteiger partial charge in [0.1, 0.15) is 5.04 Å². The number of halogens is 2. The highest BCUT2D eigenvalue weighted by atomic mass is 35.5. The van der Waals surface area contributed by atoms with E-state index in [2.05, 4.69) is 21.5 Å². The summed E-state index contributed by atoms with van der Waals surface area (Å²) in [7, 11) is 0. The molecule has 8 heteroatoms. The number of nitrogens with zero attached hydrogens (tertiary/aromatic N) is 2. The molecule has 0 saturated heterocycles. The summed E-state index contributed by atoms with van der Waals surface area (Å²) < 4.78 is 0. The fourth-order valence-corrected chi connectivity index (χ4v) is 3.74.